The first kappa shape index (κ1) is 62.4. The fourth-order valence-electron chi connectivity index (χ4n) is 10.4. The van der Waals surface area contributed by atoms with Crippen LogP contribution in [0.1, 0.15) is 57.5 Å². The molecule has 85 heavy (non-hydrogen) atoms. The summed E-state index contributed by atoms with van der Waals surface area (Å²) in [6, 6.07) is 42.3. The van der Waals surface area contributed by atoms with E-state index in [1.165, 1.54) is 43.7 Å². The lowest BCUT2D eigenvalue weighted by Crippen LogP contribution is -2.27. The number of ether oxygens (including phenoxy) is 6. The van der Waals surface area contributed by atoms with Crippen molar-refractivity contribution in [3.63, 3.8) is 0 Å². The molecule has 4 fully saturated rings. The largest absolute Gasteiger partial charge is 0.486 e. The Labute approximate surface area is 484 Å². The maximum Gasteiger partial charge on any atom is 0.416 e. The minimum atomic E-state index is -4.53. The van der Waals surface area contributed by atoms with Gasteiger partial charge in [0.2, 0.25) is 0 Å². The first-order valence-corrected chi connectivity index (χ1v) is 29.6. The minimum Gasteiger partial charge on any atom is -0.486 e. The number of esters is 4. The molecule has 6 aromatic carbocycles. The van der Waals surface area contributed by atoms with Gasteiger partial charge in [0.05, 0.1) is 54.3 Å². The number of carbonyl (C=O) groups excluding carboxylic acids is 7. The number of hydrogen-bond donors (Lipinski definition) is 0. The van der Waals surface area contributed by atoms with Crippen molar-refractivity contribution in [2.75, 3.05) is 32.7 Å². The van der Waals surface area contributed by atoms with Gasteiger partial charge in [0.25, 0.3) is 0 Å². The van der Waals surface area contributed by atoms with Crippen LogP contribution in [0.2, 0.25) is 0 Å². The lowest BCUT2D eigenvalue weighted by Gasteiger charge is -2.20. The minimum absolute atomic E-state index is 0.0368. The van der Waals surface area contributed by atoms with Gasteiger partial charge in [-0.25, -0.2) is 9.59 Å². The highest BCUT2D eigenvalue weighted by Gasteiger charge is 2.52. The standard InChI is InChI=1S/C31H25F3O6.C21H18O5.C12H14F3O3P/c32-31(33,34)22-7-4-8-24(15-22)38-18-23(35)13-14-25-26-16-29(36)39-28(26)17-27(25)40-30(37)21-11-9-20(10-12-21)19-5-2-1-3-6-19;22-12-17-16-10-20(23)25-18(16)11-19(17)26-21(24)15-8-6-14(7-9-15)13-4-2-1-3-5-13;1-19(2,17)8-10(16)7-18-11-5-3-4-9(6-11)12(13,14)15/h1-15,25-28H,16-18H2;1-9,12,16-19H,10-11H2;3-6H,7-8H2,1-2H3/b14-13+;;/t25-,26-,27-,28+;16-,17-,18+,19-;/m11./s1. The van der Waals surface area contributed by atoms with E-state index in [9.17, 15) is 64.5 Å². The van der Waals surface area contributed by atoms with Crippen molar-refractivity contribution in [2.45, 2.75) is 62.5 Å². The van der Waals surface area contributed by atoms with Crippen LogP contribution in [-0.4, -0.2) is 98.9 Å². The number of alkyl halides is 6. The summed E-state index contributed by atoms with van der Waals surface area (Å²) in [6.45, 7) is 2.07. The normalized spacial score (nSPS) is 21.4. The third-order valence-electron chi connectivity index (χ3n) is 14.4. The fourth-order valence-corrected chi connectivity index (χ4v) is 11.3. The number of carbonyl (C=O) groups is 7. The van der Waals surface area contributed by atoms with E-state index in [2.05, 4.69) is 0 Å². The Bertz CT molecular complexity index is 3440. The molecule has 444 valence electrons. The first-order chi connectivity index (χ1) is 40.4. The van der Waals surface area contributed by atoms with Crippen LogP contribution in [0.15, 0.2) is 170 Å². The second-order valence-corrected chi connectivity index (χ2v) is 24.5. The number of halogens is 6. The number of benzene rings is 6. The van der Waals surface area contributed by atoms with Gasteiger partial charge in [-0.05, 0) is 102 Å². The predicted molar refractivity (Wildman–Crippen MR) is 298 cm³/mol. The second-order valence-electron chi connectivity index (χ2n) is 21.1. The van der Waals surface area contributed by atoms with Crippen molar-refractivity contribution < 1.29 is 92.9 Å². The molecule has 0 spiro atoms. The monoisotopic (exact) mass is 1190 g/mol. The van der Waals surface area contributed by atoms with Gasteiger partial charge in [0.1, 0.15) is 48.8 Å². The molecule has 2 aliphatic heterocycles. The smallest absolute Gasteiger partial charge is 0.416 e. The summed E-state index contributed by atoms with van der Waals surface area (Å²) in [6.07, 6.45) is -6.40. The Morgan fingerprint density at radius 3 is 1.39 bits per heavy atom. The Morgan fingerprint density at radius 2 is 0.965 bits per heavy atom. The summed E-state index contributed by atoms with van der Waals surface area (Å²) in [5, 5.41) is 0. The Kier molecular flexibility index (Phi) is 20.1. The van der Waals surface area contributed by atoms with E-state index in [4.69, 9.17) is 28.4 Å². The molecule has 0 bridgehead atoms. The van der Waals surface area contributed by atoms with E-state index < -0.39 is 90.9 Å². The highest BCUT2D eigenvalue weighted by atomic mass is 31.2. The van der Waals surface area contributed by atoms with Crippen LogP contribution < -0.4 is 9.47 Å². The number of ketones is 2. The quantitative estimate of drug-likeness (QED) is 0.0209. The molecule has 0 unspecified atom stereocenters. The van der Waals surface area contributed by atoms with Crippen molar-refractivity contribution in [1.29, 1.82) is 0 Å². The van der Waals surface area contributed by atoms with Gasteiger partial charge in [0.15, 0.2) is 18.2 Å². The summed E-state index contributed by atoms with van der Waals surface area (Å²) in [5.74, 6) is -4.04. The second kappa shape index (κ2) is 27.4. The first-order valence-electron chi connectivity index (χ1n) is 26.8. The molecule has 0 N–H and O–H groups in total. The molecule has 10 rings (SSSR count). The number of rotatable bonds is 17. The van der Waals surface area contributed by atoms with Crippen molar-refractivity contribution in [2.24, 2.45) is 23.7 Å². The van der Waals surface area contributed by atoms with Gasteiger partial charge in [-0.2, -0.15) is 26.3 Å². The summed E-state index contributed by atoms with van der Waals surface area (Å²) in [4.78, 5) is 83.9. The number of hydrogen-bond acceptors (Lipinski definition) is 14. The lowest BCUT2D eigenvalue weighted by atomic mass is 9.91. The molecule has 0 radical (unpaired) electrons. The summed E-state index contributed by atoms with van der Waals surface area (Å²) in [7, 11) is -2.49. The average Bonchev–Trinajstić information content (AvgIpc) is 3.05. The van der Waals surface area contributed by atoms with Crippen LogP contribution >= 0.6 is 7.14 Å². The molecule has 2 heterocycles. The SMILES string of the molecule is CP(C)(=O)CC(=O)COc1cccc(C(F)(F)F)c1.O=C(/C=C/[C@@H]1[C@H]2CC(=O)O[C@H]2C[C@H]1OC(=O)c1ccc(-c2ccccc2)cc1)COc1cccc(C(F)(F)F)c1.O=C[C@@H]1[C@H]2CC(=O)O[C@H]2C[C@H]1OC(=O)c1ccc(-c2ccccc2)cc1. The van der Waals surface area contributed by atoms with E-state index >= 15 is 0 Å². The lowest BCUT2D eigenvalue weighted by molar-refractivity contribution is -0.143. The third-order valence-corrected chi connectivity index (χ3v) is 15.5. The van der Waals surface area contributed by atoms with Gasteiger partial charge in [-0.1, -0.05) is 103 Å². The zero-order valence-electron chi connectivity index (χ0n) is 45.7. The van der Waals surface area contributed by atoms with Crippen LogP contribution in [0, 0.1) is 23.7 Å². The molecule has 8 atom stereocenters. The zero-order chi connectivity index (χ0) is 61.1. The molecule has 4 aliphatic rings. The molecular weight excluding hydrogens is 1140 g/mol. The van der Waals surface area contributed by atoms with E-state index in [-0.39, 0.29) is 67.0 Å². The highest BCUT2D eigenvalue weighted by molar-refractivity contribution is 7.63. The molecule has 6 aromatic rings. The van der Waals surface area contributed by atoms with Crippen LogP contribution in [0.5, 0.6) is 11.5 Å². The van der Waals surface area contributed by atoms with Crippen molar-refractivity contribution >= 4 is 48.9 Å². The van der Waals surface area contributed by atoms with Gasteiger partial charge in [-0.3, -0.25) is 19.2 Å². The van der Waals surface area contributed by atoms with Crippen LogP contribution in [0.4, 0.5) is 26.3 Å². The maximum absolute atomic E-state index is 13.0. The topological polar surface area (TPSA) is 192 Å². The van der Waals surface area contributed by atoms with Crippen molar-refractivity contribution in [3.05, 3.63) is 192 Å². The summed E-state index contributed by atoms with van der Waals surface area (Å²) >= 11 is 0. The molecular formula is C64H57F6O14P. The highest BCUT2D eigenvalue weighted by Crippen LogP contribution is 2.45. The van der Waals surface area contributed by atoms with Crippen LogP contribution in [-0.2, 0) is 59.8 Å². The predicted octanol–water partition coefficient (Wildman–Crippen LogP) is 12.4. The van der Waals surface area contributed by atoms with Gasteiger partial charge in [-0.15, -0.1) is 0 Å². The molecule has 0 aromatic heterocycles. The van der Waals surface area contributed by atoms with Gasteiger partial charge < -0.3 is 37.8 Å². The number of fused-ring (bicyclic) bond motifs is 2. The van der Waals surface area contributed by atoms with E-state index in [0.29, 0.717) is 24.0 Å². The summed E-state index contributed by atoms with van der Waals surface area (Å²) in [5.41, 5.74) is 3.12. The Balaban J connectivity index is 0.000000180. The van der Waals surface area contributed by atoms with E-state index in [1.54, 1.807) is 30.3 Å². The van der Waals surface area contributed by atoms with Crippen LogP contribution in [0.3, 0.4) is 0 Å². The zero-order valence-corrected chi connectivity index (χ0v) is 46.6. The van der Waals surface area contributed by atoms with Gasteiger partial charge >= 0.3 is 36.2 Å². The Morgan fingerprint density at radius 1 is 0.553 bits per heavy atom. The van der Waals surface area contributed by atoms with E-state index in [1.807, 2.05) is 84.9 Å². The molecule has 21 heteroatoms. The van der Waals surface area contributed by atoms with E-state index in [0.717, 1.165) is 52.8 Å². The van der Waals surface area contributed by atoms with Crippen molar-refractivity contribution in [1.82, 2.24) is 0 Å². The third kappa shape index (κ3) is 17.2. The van der Waals surface area contributed by atoms with Crippen molar-refractivity contribution in [3.8, 4) is 33.8 Å². The van der Waals surface area contributed by atoms with Crippen LogP contribution in [0.25, 0.3) is 22.3 Å². The molecule has 0 amide bonds. The maximum atomic E-state index is 13.0. The molecule has 2 saturated carbocycles. The van der Waals surface area contributed by atoms with Gasteiger partial charge in [0, 0.05) is 30.6 Å². The molecule has 2 aliphatic carbocycles. The summed E-state index contributed by atoms with van der Waals surface area (Å²) < 4.78 is 120. The Hall–Kier alpha value is -8.64. The fraction of sp³-hybridized carbons (Fsp3) is 0.297. The number of Topliss-reactive ketones (excluding diaryl/α,β-unsaturated/α-hetero) is 1. The average molecular weight is 1200 g/mol. The number of aldehydes is 1. The molecule has 2 saturated heterocycles. The molecule has 14 nitrogen and oxygen atoms in total.